The molecule has 4 rings (SSSR count). The Hall–Kier alpha value is -0.910. The first-order valence-corrected chi connectivity index (χ1v) is 13.5. The molecule has 4 aliphatic carbocycles. The van der Waals surface area contributed by atoms with Crippen molar-refractivity contribution in [2.45, 2.75) is 104 Å². The van der Waals surface area contributed by atoms with Crippen LogP contribution in [0.2, 0.25) is 0 Å². The molecule has 33 heavy (non-hydrogen) atoms. The highest BCUT2D eigenvalue weighted by atomic mass is 16.7. The zero-order chi connectivity index (χ0) is 24.0. The van der Waals surface area contributed by atoms with E-state index in [2.05, 4.69) is 26.8 Å². The summed E-state index contributed by atoms with van der Waals surface area (Å²) in [5, 5.41) is 21.0. The number of amides is 1. The number of carbonyl (C=O) groups excluding carboxylic acids is 1. The quantitative estimate of drug-likeness (QED) is 0.408. The number of aliphatic hydroxyl groups is 2. The van der Waals surface area contributed by atoms with E-state index in [-0.39, 0.29) is 24.7 Å². The molecule has 5 nitrogen and oxygen atoms in total. The van der Waals surface area contributed by atoms with Gasteiger partial charge in [-0.25, -0.2) is 5.06 Å². The van der Waals surface area contributed by atoms with Crippen molar-refractivity contribution in [1.82, 2.24) is 5.06 Å². The molecule has 0 aromatic rings. The first kappa shape index (κ1) is 25.2. The summed E-state index contributed by atoms with van der Waals surface area (Å²) >= 11 is 0. The zero-order valence-electron chi connectivity index (χ0n) is 21.6. The Balaban J connectivity index is 1.43. The average Bonchev–Trinajstić information content (AvgIpc) is 3.15. The minimum absolute atomic E-state index is 0.0216. The molecule has 3 fully saturated rings. The van der Waals surface area contributed by atoms with E-state index in [9.17, 15) is 15.0 Å². The Morgan fingerprint density at radius 3 is 2.64 bits per heavy atom. The van der Waals surface area contributed by atoms with Crippen molar-refractivity contribution >= 4 is 5.91 Å². The summed E-state index contributed by atoms with van der Waals surface area (Å²) in [6.45, 7) is 9.13. The molecule has 9 atom stereocenters. The number of hydrogen-bond donors (Lipinski definition) is 2. The van der Waals surface area contributed by atoms with Gasteiger partial charge in [-0.3, -0.25) is 9.63 Å². The third-order valence-electron chi connectivity index (χ3n) is 10.8. The number of aliphatic hydroxyl groups excluding tert-OH is 2. The molecule has 5 heteroatoms. The van der Waals surface area contributed by atoms with Crippen LogP contribution in [0.5, 0.6) is 0 Å². The lowest BCUT2D eigenvalue weighted by Gasteiger charge is -2.58. The van der Waals surface area contributed by atoms with Crippen LogP contribution in [0.15, 0.2) is 11.6 Å². The van der Waals surface area contributed by atoms with E-state index < -0.39 is 0 Å². The Labute approximate surface area is 200 Å². The van der Waals surface area contributed by atoms with Gasteiger partial charge in [0.15, 0.2) is 0 Å². The van der Waals surface area contributed by atoms with E-state index in [1.165, 1.54) is 44.3 Å². The number of hydroxylamine groups is 2. The second-order valence-corrected chi connectivity index (χ2v) is 12.3. The summed E-state index contributed by atoms with van der Waals surface area (Å²) in [4.78, 5) is 18.0. The van der Waals surface area contributed by atoms with Crippen LogP contribution in [0.1, 0.15) is 91.9 Å². The van der Waals surface area contributed by atoms with Gasteiger partial charge in [0.1, 0.15) is 0 Å². The molecule has 2 N–H and O–H groups in total. The molecule has 0 spiro atoms. The lowest BCUT2D eigenvalue weighted by atomic mass is 9.47. The SMILES string of the molecule is CON(C(=O)CC[C@@H](C)[C@H]1CC[C@H]2[C@@H]3CC=C4C[C@@H](O)CC[C@]4(C)[C@H]3CC[C@]12C)C(C)CO. The largest absolute Gasteiger partial charge is 0.394 e. The molecule has 0 heterocycles. The molecule has 1 unspecified atom stereocenters. The van der Waals surface area contributed by atoms with E-state index in [1.54, 1.807) is 5.57 Å². The van der Waals surface area contributed by atoms with Crippen LogP contribution in [0.25, 0.3) is 0 Å². The first-order valence-electron chi connectivity index (χ1n) is 13.5. The highest BCUT2D eigenvalue weighted by Gasteiger charge is 2.59. The molecule has 188 valence electrons. The first-order chi connectivity index (χ1) is 15.7. The number of fused-ring (bicyclic) bond motifs is 5. The molecular formula is C28H47NO4. The van der Waals surface area contributed by atoms with Crippen LogP contribution >= 0.6 is 0 Å². The molecule has 0 aromatic carbocycles. The summed E-state index contributed by atoms with van der Waals surface area (Å²) in [7, 11) is 1.51. The van der Waals surface area contributed by atoms with Crippen LogP contribution in [-0.2, 0) is 9.63 Å². The summed E-state index contributed by atoms with van der Waals surface area (Å²) < 4.78 is 0. The predicted octanol–water partition coefficient (Wildman–Crippen LogP) is 5.11. The number of carbonyl (C=O) groups is 1. The molecule has 0 saturated heterocycles. The van der Waals surface area contributed by atoms with Gasteiger partial charge in [-0.05, 0) is 105 Å². The maximum atomic E-state index is 12.7. The Kier molecular flexibility index (Phi) is 7.34. The normalized spacial score (nSPS) is 41.9. The Morgan fingerprint density at radius 2 is 1.94 bits per heavy atom. The van der Waals surface area contributed by atoms with Gasteiger partial charge in [-0.1, -0.05) is 32.4 Å². The summed E-state index contributed by atoms with van der Waals surface area (Å²) in [5.41, 5.74) is 2.22. The summed E-state index contributed by atoms with van der Waals surface area (Å²) in [6.07, 6.45) is 13.2. The smallest absolute Gasteiger partial charge is 0.246 e. The van der Waals surface area contributed by atoms with E-state index in [0.717, 1.165) is 43.4 Å². The van der Waals surface area contributed by atoms with Crippen LogP contribution < -0.4 is 0 Å². The summed E-state index contributed by atoms with van der Waals surface area (Å²) in [6, 6.07) is -0.312. The number of nitrogens with zero attached hydrogens (tertiary/aromatic N) is 1. The zero-order valence-corrected chi connectivity index (χ0v) is 21.6. The molecule has 1 amide bonds. The van der Waals surface area contributed by atoms with Gasteiger partial charge >= 0.3 is 0 Å². The monoisotopic (exact) mass is 461 g/mol. The molecular weight excluding hydrogens is 414 g/mol. The van der Waals surface area contributed by atoms with Crippen molar-refractivity contribution in [1.29, 1.82) is 0 Å². The standard InChI is InChI=1S/C28H47NO4/c1-18(6-11-26(32)29(33-5)19(2)17-30)23-9-10-24-22-8-7-20-16-21(31)12-14-27(20,3)25(22)13-15-28(23,24)4/h7,18-19,21-25,30-31H,6,8-17H2,1-5H3/t18-,19?,21+,22+,23-,24+,25+,27+,28-/m1/s1. The van der Waals surface area contributed by atoms with Gasteiger partial charge in [0.05, 0.1) is 25.9 Å². The van der Waals surface area contributed by atoms with Gasteiger partial charge in [-0.15, -0.1) is 0 Å². The van der Waals surface area contributed by atoms with E-state index >= 15 is 0 Å². The van der Waals surface area contributed by atoms with Gasteiger partial charge in [0.25, 0.3) is 0 Å². The third kappa shape index (κ3) is 4.31. The molecule has 0 aliphatic heterocycles. The molecule has 0 radical (unpaired) electrons. The third-order valence-corrected chi connectivity index (χ3v) is 10.8. The topological polar surface area (TPSA) is 70.0 Å². The van der Waals surface area contributed by atoms with Crippen LogP contribution in [0.3, 0.4) is 0 Å². The van der Waals surface area contributed by atoms with Crippen molar-refractivity contribution in [2.75, 3.05) is 13.7 Å². The maximum Gasteiger partial charge on any atom is 0.246 e. The molecule has 3 saturated carbocycles. The van der Waals surface area contributed by atoms with Crippen LogP contribution in [0.4, 0.5) is 0 Å². The maximum absolute atomic E-state index is 12.7. The number of hydrogen-bond acceptors (Lipinski definition) is 4. The fourth-order valence-electron chi connectivity index (χ4n) is 8.88. The fourth-order valence-corrected chi connectivity index (χ4v) is 8.88. The second-order valence-electron chi connectivity index (χ2n) is 12.3. The lowest BCUT2D eigenvalue weighted by molar-refractivity contribution is -0.190. The molecule has 0 bridgehead atoms. The van der Waals surface area contributed by atoms with Crippen LogP contribution in [-0.4, -0.2) is 47.0 Å². The lowest BCUT2D eigenvalue weighted by Crippen LogP contribution is -2.50. The molecule has 0 aromatic heterocycles. The Morgan fingerprint density at radius 1 is 1.18 bits per heavy atom. The van der Waals surface area contributed by atoms with Gasteiger partial charge < -0.3 is 10.2 Å². The number of rotatable bonds is 7. The number of allylic oxidation sites excluding steroid dienone is 1. The van der Waals surface area contributed by atoms with Crippen molar-refractivity contribution in [3.8, 4) is 0 Å². The van der Waals surface area contributed by atoms with Gasteiger partial charge in [0.2, 0.25) is 5.91 Å². The minimum atomic E-state index is -0.312. The van der Waals surface area contributed by atoms with Crippen molar-refractivity contribution in [3.63, 3.8) is 0 Å². The van der Waals surface area contributed by atoms with E-state index in [1.807, 2.05) is 6.92 Å². The van der Waals surface area contributed by atoms with Crippen molar-refractivity contribution in [2.24, 2.45) is 40.4 Å². The summed E-state index contributed by atoms with van der Waals surface area (Å²) in [5.74, 6) is 3.50. The highest BCUT2D eigenvalue weighted by molar-refractivity contribution is 5.75. The van der Waals surface area contributed by atoms with Gasteiger partial charge in [0, 0.05) is 6.42 Å². The van der Waals surface area contributed by atoms with Crippen molar-refractivity contribution in [3.05, 3.63) is 11.6 Å². The molecule has 4 aliphatic rings. The second kappa shape index (κ2) is 9.62. The predicted molar refractivity (Wildman–Crippen MR) is 130 cm³/mol. The van der Waals surface area contributed by atoms with Crippen molar-refractivity contribution < 1.29 is 19.8 Å². The van der Waals surface area contributed by atoms with E-state index in [4.69, 9.17) is 4.84 Å². The fraction of sp³-hybridized carbons (Fsp3) is 0.893. The van der Waals surface area contributed by atoms with Gasteiger partial charge in [-0.2, -0.15) is 0 Å². The minimum Gasteiger partial charge on any atom is -0.394 e. The van der Waals surface area contributed by atoms with Crippen LogP contribution in [0, 0.1) is 40.4 Å². The Bertz CT molecular complexity index is 752. The average molecular weight is 462 g/mol. The van der Waals surface area contributed by atoms with E-state index in [0.29, 0.717) is 29.1 Å². The highest BCUT2D eigenvalue weighted by Crippen LogP contribution is 2.67.